The zero-order valence-corrected chi connectivity index (χ0v) is 17.7. The minimum absolute atomic E-state index is 0.0785. The Bertz CT molecular complexity index is 1320. The van der Waals surface area contributed by atoms with Gasteiger partial charge >= 0.3 is 0 Å². The third-order valence-electron chi connectivity index (χ3n) is 4.84. The normalized spacial score (nSPS) is 12.1. The smallest absolute Gasteiger partial charge is 0.248 e. The summed E-state index contributed by atoms with van der Waals surface area (Å²) in [6, 6.07) is 9.37. The number of hydrogen-bond donors (Lipinski definition) is 2. The maximum absolute atomic E-state index is 13.9. The number of nitrogens with two attached hydrogens (primary N) is 2. The predicted molar refractivity (Wildman–Crippen MR) is 118 cm³/mol. The molecule has 4 aromatic rings. The number of halogens is 3. The van der Waals surface area contributed by atoms with Crippen LogP contribution < -0.4 is 16.2 Å². The number of aromatic nitrogens is 1. The van der Waals surface area contributed by atoms with Crippen LogP contribution in [0.2, 0.25) is 10.0 Å². The second-order valence-corrected chi connectivity index (χ2v) is 7.61. The monoisotopic (exact) mass is 459 g/mol. The van der Waals surface area contributed by atoms with E-state index in [9.17, 15) is 9.18 Å². The van der Waals surface area contributed by atoms with Crippen molar-refractivity contribution in [1.82, 2.24) is 4.98 Å². The number of primary amides is 1. The molecule has 4 rings (SSSR count). The van der Waals surface area contributed by atoms with Crippen LogP contribution in [0.4, 0.5) is 10.2 Å². The van der Waals surface area contributed by atoms with Crippen LogP contribution in [0, 0.1) is 5.82 Å². The summed E-state index contributed by atoms with van der Waals surface area (Å²) < 4.78 is 25.7. The molecule has 2 heterocycles. The van der Waals surface area contributed by atoms with E-state index in [4.69, 9.17) is 43.8 Å². The number of pyridine rings is 1. The first kappa shape index (κ1) is 21.0. The summed E-state index contributed by atoms with van der Waals surface area (Å²) in [5.41, 5.74) is 13.8. The van der Waals surface area contributed by atoms with E-state index in [1.807, 2.05) is 6.07 Å². The summed E-state index contributed by atoms with van der Waals surface area (Å²) in [7, 11) is 0. The van der Waals surface area contributed by atoms with Gasteiger partial charge < -0.3 is 20.6 Å². The first-order valence-electron chi connectivity index (χ1n) is 9.14. The van der Waals surface area contributed by atoms with Crippen molar-refractivity contribution in [3.8, 4) is 16.9 Å². The van der Waals surface area contributed by atoms with Gasteiger partial charge in [0.05, 0.1) is 16.7 Å². The van der Waals surface area contributed by atoms with E-state index >= 15 is 0 Å². The van der Waals surface area contributed by atoms with Crippen LogP contribution in [0.15, 0.2) is 53.3 Å². The highest BCUT2D eigenvalue weighted by Crippen LogP contribution is 2.41. The second kappa shape index (κ2) is 8.09. The van der Waals surface area contributed by atoms with Crippen molar-refractivity contribution in [2.45, 2.75) is 13.0 Å². The van der Waals surface area contributed by atoms with E-state index in [-0.39, 0.29) is 27.2 Å². The lowest BCUT2D eigenvalue weighted by atomic mass is 10.0. The summed E-state index contributed by atoms with van der Waals surface area (Å²) in [4.78, 5) is 15.7. The Balaban J connectivity index is 1.78. The molecule has 0 aliphatic heterocycles. The van der Waals surface area contributed by atoms with Gasteiger partial charge in [-0.25, -0.2) is 9.37 Å². The molecule has 0 unspecified atom stereocenters. The van der Waals surface area contributed by atoms with Gasteiger partial charge in [-0.2, -0.15) is 0 Å². The Morgan fingerprint density at radius 2 is 2.03 bits per heavy atom. The molecular formula is C22H16Cl2FN3O3. The molecule has 0 fully saturated rings. The molecular weight excluding hydrogens is 444 g/mol. The third kappa shape index (κ3) is 3.78. The SMILES string of the molecule is C[C@@H](Oc1c(N)ncc2c(-c3cccc(C(N)=O)c3)coc12)c1c(Cl)ccc(F)c1Cl. The largest absolute Gasteiger partial charge is 0.478 e. The summed E-state index contributed by atoms with van der Waals surface area (Å²) in [6.45, 7) is 1.66. The number of nitrogens with zero attached hydrogens (tertiary/aromatic N) is 1. The highest BCUT2D eigenvalue weighted by molar-refractivity contribution is 6.36. The zero-order chi connectivity index (χ0) is 22.3. The minimum Gasteiger partial charge on any atom is -0.478 e. The fourth-order valence-corrected chi connectivity index (χ4v) is 3.99. The Kier molecular flexibility index (Phi) is 5.47. The van der Waals surface area contributed by atoms with Gasteiger partial charge in [0.15, 0.2) is 11.4 Å². The first-order valence-corrected chi connectivity index (χ1v) is 9.89. The molecule has 0 radical (unpaired) electrons. The molecule has 0 saturated heterocycles. The molecule has 0 aliphatic carbocycles. The van der Waals surface area contributed by atoms with Crippen molar-refractivity contribution in [3.05, 3.63) is 75.8 Å². The number of hydrogen-bond acceptors (Lipinski definition) is 5. The number of nitrogen functional groups attached to an aromatic ring is 1. The number of ether oxygens (including phenoxy) is 1. The molecule has 2 aromatic heterocycles. The lowest BCUT2D eigenvalue weighted by Crippen LogP contribution is -2.10. The second-order valence-electron chi connectivity index (χ2n) is 6.83. The predicted octanol–water partition coefficient (Wildman–Crippen LogP) is 5.76. The number of carbonyl (C=O) groups is 1. The molecule has 0 spiro atoms. The Hall–Kier alpha value is -3.29. The van der Waals surface area contributed by atoms with E-state index < -0.39 is 17.8 Å². The maximum atomic E-state index is 13.9. The van der Waals surface area contributed by atoms with Crippen LogP contribution in [0.5, 0.6) is 5.75 Å². The van der Waals surface area contributed by atoms with Crippen LogP contribution in [-0.4, -0.2) is 10.9 Å². The Morgan fingerprint density at radius 3 is 2.77 bits per heavy atom. The molecule has 0 aliphatic rings. The third-order valence-corrected chi connectivity index (χ3v) is 5.55. The van der Waals surface area contributed by atoms with Gasteiger partial charge in [-0.1, -0.05) is 35.3 Å². The van der Waals surface area contributed by atoms with Crippen molar-refractivity contribution in [2.75, 3.05) is 5.73 Å². The van der Waals surface area contributed by atoms with Gasteiger partial charge in [0.25, 0.3) is 0 Å². The molecule has 0 saturated carbocycles. The Labute approximate surface area is 186 Å². The van der Waals surface area contributed by atoms with Crippen molar-refractivity contribution in [1.29, 1.82) is 0 Å². The quantitative estimate of drug-likeness (QED) is 0.369. The van der Waals surface area contributed by atoms with Gasteiger partial charge in [-0.3, -0.25) is 4.79 Å². The zero-order valence-electron chi connectivity index (χ0n) is 16.2. The van der Waals surface area contributed by atoms with E-state index in [1.165, 1.54) is 18.4 Å². The highest BCUT2D eigenvalue weighted by Gasteiger charge is 2.23. The topological polar surface area (TPSA) is 104 Å². The van der Waals surface area contributed by atoms with E-state index in [0.29, 0.717) is 27.7 Å². The fraction of sp³-hybridized carbons (Fsp3) is 0.0909. The standard InChI is InChI=1S/C22H16Cl2FN3O3/c1-10(17-15(23)5-6-16(25)18(17)24)31-20-19-13(8-28-21(20)26)14(9-30-19)11-3-2-4-12(7-11)22(27)29/h2-10H,1H3,(H2,26,28)(H2,27,29)/t10-/m1/s1. The van der Waals surface area contributed by atoms with Crippen LogP contribution in [-0.2, 0) is 0 Å². The van der Waals surface area contributed by atoms with Crippen LogP contribution in [0.25, 0.3) is 22.1 Å². The number of carbonyl (C=O) groups excluding carboxylic acids is 1. The minimum atomic E-state index is -0.753. The summed E-state index contributed by atoms with van der Waals surface area (Å²) in [6.07, 6.45) is 2.29. The van der Waals surface area contributed by atoms with E-state index in [1.54, 1.807) is 31.3 Å². The van der Waals surface area contributed by atoms with Crippen LogP contribution >= 0.6 is 23.2 Å². The molecule has 158 valence electrons. The molecule has 0 bridgehead atoms. The molecule has 31 heavy (non-hydrogen) atoms. The number of anilines is 1. The van der Waals surface area contributed by atoms with Crippen molar-refractivity contribution < 1.29 is 18.3 Å². The number of rotatable bonds is 5. The van der Waals surface area contributed by atoms with Gasteiger partial charge in [0.2, 0.25) is 11.7 Å². The molecule has 1 atom stereocenters. The molecule has 1 amide bonds. The fourth-order valence-electron chi connectivity index (χ4n) is 3.31. The lowest BCUT2D eigenvalue weighted by Gasteiger charge is -2.18. The van der Waals surface area contributed by atoms with Crippen molar-refractivity contribution >= 4 is 45.9 Å². The van der Waals surface area contributed by atoms with Crippen molar-refractivity contribution in [2.24, 2.45) is 5.73 Å². The van der Waals surface area contributed by atoms with Gasteiger partial charge in [0, 0.05) is 27.9 Å². The molecule has 2 aromatic carbocycles. The van der Waals surface area contributed by atoms with E-state index in [0.717, 1.165) is 0 Å². The van der Waals surface area contributed by atoms with Gasteiger partial charge in [-0.05, 0) is 36.8 Å². The van der Waals surface area contributed by atoms with Gasteiger partial charge in [-0.15, -0.1) is 0 Å². The molecule has 6 nitrogen and oxygen atoms in total. The van der Waals surface area contributed by atoms with Gasteiger partial charge in [0.1, 0.15) is 11.9 Å². The highest BCUT2D eigenvalue weighted by atomic mass is 35.5. The number of furan rings is 1. The van der Waals surface area contributed by atoms with Crippen LogP contribution in [0.3, 0.4) is 0 Å². The summed E-state index contributed by atoms with van der Waals surface area (Å²) in [5.74, 6) is -0.914. The maximum Gasteiger partial charge on any atom is 0.248 e. The number of amides is 1. The summed E-state index contributed by atoms with van der Waals surface area (Å²) >= 11 is 12.3. The van der Waals surface area contributed by atoms with E-state index in [2.05, 4.69) is 4.98 Å². The average molecular weight is 460 g/mol. The molecule has 4 N–H and O–H groups in total. The van der Waals surface area contributed by atoms with Crippen molar-refractivity contribution in [3.63, 3.8) is 0 Å². The number of fused-ring (bicyclic) bond motifs is 1. The average Bonchev–Trinajstić information content (AvgIpc) is 3.17. The van der Waals surface area contributed by atoms with Crippen LogP contribution in [0.1, 0.15) is 28.9 Å². The first-order chi connectivity index (χ1) is 14.8. The Morgan fingerprint density at radius 1 is 1.26 bits per heavy atom. The number of benzene rings is 2. The summed E-state index contributed by atoms with van der Waals surface area (Å²) in [5, 5.41) is 0.720. The molecule has 9 heteroatoms. The lowest BCUT2D eigenvalue weighted by molar-refractivity contribution is 0.100.